The van der Waals surface area contributed by atoms with Gasteiger partial charge in [0.15, 0.2) is 0 Å². The number of carbonyl (C=O) groups is 1. The van der Waals surface area contributed by atoms with Crippen molar-refractivity contribution in [3.63, 3.8) is 0 Å². The van der Waals surface area contributed by atoms with Gasteiger partial charge in [-0.05, 0) is 12.8 Å². The van der Waals surface area contributed by atoms with Gasteiger partial charge in [0, 0.05) is 12.5 Å². The number of hydrogen-bond acceptors (Lipinski definition) is 2. The molecule has 0 radical (unpaired) electrons. The molecule has 1 aliphatic carbocycles. The van der Waals surface area contributed by atoms with Crippen molar-refractivity contribution in [1.29, 1.82) is 0 Å². The standard InChI is InChI=1S/C7H13NO2/c1-7(3-4-7)6(9)8-5-10-2/h3-5H2,1-2H3,(H,8,9). The lowest BCUT2D eigenvalue weighted by atomic mass is 10.1. The monoisotopic (exact) mass is 143 g/mol. The average Bonchev–Trinajstić information content (AvgIpc) is 2.64. The summed E-state index contributed by atoms with van der Waals surface area (Å²) in [5.41, 5.74) is -0.0709. The van der Waals surface area contributed by atoms with Crippen LogP contribution < -0.4 is 5.32 Å². The first-order valence-electron chi connectivity index (χ1n) is 3.46. The van der Waals surface area contributed by atoms with Gasteiger partial charge in [-0.15, -0.1) is 0 Å². The van der Waals surface area contributed by atoms with Crippen LogP contribution >= 0.6 is 0 Å². The lowest BCUT2D eigenvalue weighted by molar-refractivity contribution is -0.127. The highest BCUT2D eigenvalue weighted by Crippen LogP contribution is 2.44. The number of rotatable bonds is 3. The molecule has 0 spiro atoms. The zero-order chi connectivity index (χ0) is 7.61. The molecule has 1 amide bonds. The maximum atomic E-state index is 11.1. The van der Waals surface area contributed by atoms with Gasteiger partial charge in [-0.1, -0.05) is 6.92 Å². The van der Waals surface area contributed by atoms with Crippen LogP contribution in [0.5, 0.6) is 0 Å². The predicted octanol–water partition coefficient (Wildman–Crippen LogP) is 0.507. The molecule has 1 fully saturated rings. The quantitative estimate of drug-likeness (QED) is 0.584. The summed E-state index contributed by atoms with van der Waals surface area (Å²) >= 11 is 0. The Morgan fingerprint density at radius 1 is 1.70 bits per heavy atom. The predicted molar refractivity (Wildman–Crippen MR) is 37.4 cm³/mol. The highest BCUT2D eigenvalue weighted by Gasteiger charge is 2.44. The van der Waals surface area contributed by atoms with Crippen molar-refractivity contribution in [1.82, 2.24) is 5.32 Å². The number of carbonyl (C=O) groups excluding carboxylic acids is 1. The molecule has 0 aliphatic heterocycles. The van der Waals surface area contributed by atoms with E-state index in [1.54, 1.807) is 7.11 Å². The molecule has 0 atom stereocenters. The van der Waals surface area contributed by atoms with Gasteiger partial charge in [0.05, 0.1) is 0 Å². The fourth-order valence-electron chi connectivity index (χ4n) is 0.766. The smallest absolute Gasteiger partial charge is 0.227 e. The Kier molecular flexibility index (Phi) is 1.94. The molecule has 0 heterocycles. The molecule has 1 saturated carbocycles. The molecule has 3 heteroatoms. The Hall–Kier alpha value is -0.570. The van der Waals surface area contributed by atoms with E-state index in [-0.39, 0.29) is 11.3 Å². The van der Waals surface area contributed by atoms with Gasteiger partial charge in [0.1, 0.15) is 6.73 Å². The van der Waals surface area contributed by atoms with Crippen LogP contribution in [-0.2, 0) is 9.53 Å². The van der Waals surface area contributed by atoms with Crippen molar-refractivity contribution in [3.05, 3.63) is 0 Å². The van der Waals surface area contributed by atoms with E-state index in [2.05, 4.69) is 5.32 Å². The molecule has 0 aromatic rings. The third-order valence-corrected chi connectivity index (χ3v) is 1.93. The Balaban J connectivity index is 2.22. The van der Waals surface area contributed by atoms with Crippen molar-refractivity contribution in [2.45, 2.75) is 19.8 Å². The lowest BCUT2D eigenvalue weighted by Gasteiger charge is -2.07. The summed E-state index contributed by atoms with van der Waals surface area (Å²) in [7, 11) is 1.56. The summed E-state index contributed by atoms with van der Waals surface area (Å²) in [6.45, 7) is 2.30. The minimum atomic E-state index is -0.0709. The third-order valence-electron chi connectivity index (χ3n) is 1.93. The van der Waals surface area contributed by atoms with E-state index in [1.165, 1.54) is 0 Å². The van der Waals surface area contributed by atoms with E-state index in [4.69, 9.17) is 4.74 Å². The average molecular weight is 143 g/mol. The molecule has 1 N–H and O–H groups in total. The van der Waals surface area contributed by atoms with Crippen LogP contribution in [0.3, 0.4) is 0 Å². The van der Waals surface area contributed by atoms with Crippen LogP contribution in [0, 0.1) is 5.41 Å². The fourth-order valence-corrected chi connectivity index (χ4v) is 0.766. The van der Waals surface area contributed by atoms with Crippen LogP contribution in [-0.4, -0.2) is 19.7 Å². The normalized spacial score (nSPS) is 20.2. The summed E-state index contributed by atoms with van der Waals surface area (Å²) in [6, 6.07) is 0. The second-order valence-electron chi connectivity index (χ2n) is 3.00. The molecule has 1 rings (SSSR count). The number of ether oxygens (including phenoxy) is 1. The van der Waals surface area contributed by atoms with Gasteiger partial charge in [-0.3, -0.25) is 4.79 Å². The van der Waals surface area contributed by atoms with Crippen molar-refractivity contribution in [2.24, 2.45) is 5.41 Å². The Bertz CT molecular complexity index is 141. The van der Waals surface area contributed by atoms with E-state index < -0.39 is 0 Å². The van der Waals surface area contributed by atoms with Crippen molar-refractivity contribution in [3.8, 4) is 0 Å². The van der Waals surface area contributed by atoms with Crippen LogP contribution in [0.15, 0.2) is 0 Å². The number of hydrogen-bond donors (Lipinski definition) is 1. The molecule has 1 aliphatic rings. The van der Waals surface area contributed by atoms with E-state index in [0.717, 1.165) is 12.8 Å². The highest BCUT2D eigenvalue weighted by atomic mass is 16.5. The van der Waals surface area contributed by atoms with E-state index >= 15 is 0 Å². The molecule has 3 nitrogen and oxygen atoms in total. The largest absolute Gasteiger partial charge is 0.364 e. The molecular weight excluding hydrogens is 130 g/mol. The molecule has 0 unspecified atom stereocenters. The van der Waals surface area contributed by atoms with Crippen LogP contribution in [0.25, 0.3) is 0 Å². The molecular formula is C7H13NO2. The van der Waals surface area contributed by atoms with Gasteiger partial charge in [0.2, 0.25) is 5.91 Å². The minimum Gasteiger partial charge on any atom is -0.364 e. The highest BCUT2D eigenvalue weighted by molar-refractivity contribution is 5.84. The maximum Gasteiger partial charge on any atom is 0.227 e. The lowest BCUT2D eigenvalue weighted by Crippen LogP contribution is -2.31. The van der Waals surface area contributed by atoms with Gasteiger partial charge in [0.25, 0.3) is 0 Å². The molecule has 58 valence electrons. The maximum absolute atomic E-state index is 11.1. The first-order valence-corrected chi connectivity index (χ1v) is 3.46. The minimum absolute atomic E-state index is 0.0709. The molecule has 0 saturated heterocycles. The summed E-state index contributed by atoms with van der Waals surface area (Å²) in [6.07, 6.45) is 2.03. The number of amides is 1. The molecule has 0 aromatic heterocycles. The molecule has 0 bridgehead atoms. The van der Waals surface area contributed by atoms with Gasteiger partial charge in [-0.25, -0.2) is 0 Å². The topological polar surface area (TPSA) is 38.3 Å². The first kappa shape index (κ1) is 7.54. The van der Waals surface area contributed by atoms with E-state index in [1.807, 2.05) is 6.92 Å². The summed E-state index contributed by atoms with van der Waals surface area (Å²) in [5.74, 6) is 0.120. The Labute approximate surface area is 60.7 Å². The molecule has 10 heavy (non-hydrogen) atoms. The summed E-state index contributed by atoms with van der Waals surface area (Å²) < 4.78 is 4.70. The Morgan fingerprint density at radius 2 is 2.30 bits per heavy atom. The summed E-state index contributed by atoms with van der Waals surface area (Å²) in [5, 5.41) is 2.67. The second-order valence-corrected chi connectivity index (χ2v) is 3.00. The van der Waals surface area contributed by atoms with E-state index in [0.29, 0.717) is 6.73 Å². The first-order chi connectivity index (χ1) is 4.69. The summed E-state index contributed by atoms with van der Waals surface area (Å²) in [4.78, 5) is 11.1. The second kappa shape index (κ2) is 2.58. The van der Waals surface area contributed by atoms with Gasteiger partial charge in [-0.2, -0.15) is 0 Å². The van der Waals surface area contributed by atoms with E-state index in [9.17, 15) is 4.79 Å². The number of nitrogens with one attached hydrogen (secondary N) is 1. The van der Waals surface area contributed by atoms with Gasteiger partial charge < -0.3 is 10.1 Å². The Morgan fingerprint density at radius 3 is 2.70 bits per heavy atom. The van der Waals surface area contributed by atoms with Crippen LogP contribution in [0.2, 0.25) is 0 Å². The SMILES string of the molecule is COCNC(=O)C1(C)CC1. The zero-order valence-corrected chi connectivity index (χ0v) is 6.44. The third kappa shape index (κ3) is 1.48. The van der Waals surface area contributed by atoms with Gasteiger partial charge >= 0.3 is 0 Å². The number of methoxy groups -OCH3 is 1. The van der Waals surface area contributed by atoms with Crippen molar-refractivity contribution in [2.75, 3.05) is 13.8 Å². The van der Waals surface area contributed by atoms with Crippen molar-refractivity contribution >= 4 is 5.91 Å². The van der Waals surface area contributed by atoms with Crippen LogP contribution in [0.1, 0.15) is 19.8 Å². The fraction of sp³-hybridized carbons (Fsp3) is 0.857. The van der Waals surface area contributed by atoms with Crippen LogP contribution in [0.4, 0.5) is 0 Å². The molecule has 0 aromatic carbocycles. The zero-order valence-electron chi connectivity index (χ0n) is 6.44. The van der Waals surface area contributed by atoms with Crippen molar-refractivity contribution < 1.29 is 9.53 Å².